The van der Waals surface area contributed by atoms with E-state index >= 15 is 0 Å². The van der Waals surface area contributed by atoms with E-state index in [-0.39, 0.29) is 12.6 Å². The van der Waals surface area contributed by atoms with E-state index in [1.54, 1.807) is 19.9 Å². The molecule has 1 aromatic carbocycles. The summed E-state index contributed by atoms with van der Waals surface area (Å²) >= 11 is 0.842. The fourth-order valence-electron chi connectivity index (χ4n) is 3.05. The molecule has 0 radical (unpaired) electrons. The Bertz CT molecular complexity index is 815. The lowest BCUT2D eigenvalue weighted by atomic mass is 10.1. The van der Waals surface area contributed by atoms with Gasteiger partial charge in [-0.05, 0) is 61.9 Å². The number of ether oxygens (including phenoxy) is 2. The van der Waals surface area contributed by atoms with Crippen molar-refractivity contribution >= 4 is 40.6 Å². The second-order valence-corrected chi connectivity index (χ2v) is 7.94. The zero-order valence-electron chi connectivity index (χ0n) is 16.3. The van der Waals surface area contributed by atoms with Crippen molar-refractivity contribution in [3.8, 4) is 0 Å². The molecule has 150 valence electrons. The Morgan fingerprint density at radius 1 is 1.29 bits per heavy atom. The molecule has 2 fully saturated rings. The first kappa shape index (κ1) is 20.4. The summed E-state index contributed by atoms with van der Waals surface area (Å²) in [5.41, 5.74) is 2.99. The molecule has 2 saturated heterocycles. The Morgan fingerprint density at radius 2 is 2.00 bits per heavy atom. The first-order valence-electron chi connectivity index (χ1n) is 9.23. The van der Waals surface area contributed by atoms with Crippen LogP contribution in [0.15, 0.2) is 23.1 Å². The van der Waals surface area contributed by atoms with Crippen molar-refractivity contribution in [2.24, 2.45) is 0 Å². The molecule has 8 heteroatoms. The van der Waals surface area contributed by atoms with Gasteiger partial charge in [0.2, 0.25) is 0 Å². The topological polar surface area (TPSA) is 76.2 Å². The Labute approximate surface area is 168 Å². The number of anilines is 1. The highest BCUT2D eigenvalue weighted by molar-refractivity contribution is 8.18. The second-order valence-electron chi connectivity index (χ2n) is 6.95. The fraction of sp³-hybridized carbons (Fsp3) is 0.450. The molecule has 0 spiro atoms. The van der Waals surface area contributed by atoms with Crippen molar-refractivity contribution in [1.29, 1.82) is 0 Å². The van der Waals surface area contributed by atoms with Gasteiger partial charge in [-0.1, -0.05) is 6.07 Å². The molecule has 0 saturated carbocycles. The Morgan fingerprint density at radius 3 is 2.64 bits per heavy atom. The molecule has 2 amide bonds. The largest absolute Gasteiger partial charge is 0.462 e. The molecule has 7 nitrogen and oxygen atoms in total. The van der Waals surface area contributed by atoms with Crippen LogP contribution in [0, 0.1) is 6.92 Å². The van der Waals surface area contributed by atoms with Gasteiger partial charge in [-0.15, -0.1) is 0 Å². The molecule has 1 aromatic rings. The number of morpholine rings is 1. The molecule has 0 aliphatic carbocycles. The fourth-order valence-corrected chi connectivity index (χ4v) is 3.88. The first-order valence-corrected chi connectivity index (χ1v) is 10.0. The van der Waals surface area contributed by atoms with Gasteiger partial charge >= 0.3 is 5.97 Å². The van der Waals surface area contributed by atoms with Crippen LogP contribution in [0.25, 0.3) is 6.08 Å². The Balaban J connectivity index is 1.73. The van der Waals surface area contributed by atoms with Crippen molar-refractivity contribution in [2.45, 2.75) is 26.9 Å². The van der Waals surface area contributed by atoms with Crippen LogP contribution >= 0.6 is 11.8 Å². The summed E-state index contributed by atoms with van der Waals surface area (Å²) in [7, 11) is 0. The Hall–Kier alpha value is -2.32. The number of nitrogens with zero attached hydrogens (tertiary/aromatic N) is 2. The van der Waals surface area contributed by atoms with E-state index in [4.69, 9.17) is 9.47 Å². The molecule has 28 heavy (non-hydrogen) atoms. The van der Waals surface area contributed by atoms with Crippen molar-refractivity contribution in [3.63, 3.8) is 0 Å². The van der Waals surface area contributed by atoms with Gasteiger partial charge in [0.15, 0.2) is 0 Å². The van der Waals surface area contributed by atoms with Crippen molar-refractivity contribution in [3.05, 3.63) is 34.2 Å². The third kappa shape index (κ3) is 4.74. The zero-order chi connectivity index (χ0) is 20.3. The highest BCUT2D eigenvalue weighted by Gasteiger charge is 2.36. The van der Waals surface area contributed by atoms with E-state index in [9.17, 15) is 14.4 Å². The lowest BCUT2D eigenvalue weighted by molar-refractivity contribution is -0.149. The maximum atomic E-state index is 12.6. The van der Waals surface area contributed by atoms with Crippen LogP contribution in [0.2, 0.25) is 0 Å². The molecule has 3 rings (SSSR count). The number of carbonyl (C=O) groups excluding carboxylic acids is 3. The summed E-state index contributed by atoms with van der Waals surface area (Å²) in [6.07, 6.45) is 1.41. The summed E-state index contributed by atoms with van der Waals surface area (Å²) in [6.45, 7) is 8.17. The predicted molar refractivity (Wildman–Crippen MR) is 108 cm³/mol. The lowest BCUT2D eigenvalue weighted by Crippen LogP contribution is -2.36. The average Bonchev–Trinajstić information content (AvgIpc) is 2.91. The number of hydrogen-bond acceptors (Lipinski definition) is 7. The Kier molecular flexibility index (Phi) is 6.41. The van der Waals surface area contributed by atoms with E-state index < -0.39 is 17.1 Å². The van der Waals surface area contributed by atoms with Crippen molar-refractivity contribution in [2.75, 3.05) is 37.7 Å². The van der Waals surface area contributed by atoms with Gasteiger partial charge in [-0.3, -0.25) is 19.3 Å². The van der Waals surface area contributed by atoms with Gasteiger partial charge in [0, 0.05) is 18.8 Å². The van der Waals surface area contributed by atoms with Crippen molar-refractivity contribution in [1.82, 2.24) is 4.90 Å². The van der Waals surface area contributed by atoms with E-state index in [2.05, 4.69) is 11.0 Å². The normalized spacial score (nSPS) is 19.1. The number of rotatable bonds is 5. The zero-order valence-corrected chi connectivity index (χ0v) is 17.1. The van der Waals surface area contributed by atoms with Gasteiger partial charge in [0.25, 0.3) is 11.1 Å². The number of esters is 1. The second kappa shape index (κ2) is 8.79. The summed E-state index contributed by atoms with van der Waals surface area (Å²) in [6, 6.07) is 6.02. The van der Waals surface area contributed by atoms with Gasteiger partial charge in [0.05, 0.1) is 24.2 Å². The molecule has 2 heterocycles. The molecule has 0 unspecified atom stereocenters. The molecular weight excluding hydrogens is 380 g/mol. The van der Waals surface area contributed by atoms with Crippen LogP contribution < -0.4 is 4.90 Å². The monoisotopic (exact) mass is 404 g/mol. The van der Waals surface area contributed by atoms with Gasteiger partial charge in [0.1, 0.15) is 6.54 Å². The number of amides is 2. The quantitative estimate of drug-likeness (QED) is 0.552. The summed E-state index contributed by atoms with van der Waals surface area (Å²) in [5.74, 6) is -1.06. The predicted octanol–water partition coefficient (Wildman–Crippen LogP) is 2.82. The first-order chi connectivity index (χ1) is 13.3. The van der Waals surface area contributed by atoms with E-state index in [1.165, 1.54) is 0 Å². The van der Waals surface area contributed by atoms with Gasteiger partial charge < -0.3 is 14.4 Å². The number of thioether (sulfide) groups is 1. The maximum absolute atomic E-state index is 12.6. The van der Waals surface area contributed by atoms with Crippen LogP contribution in [0.1, 0.15) is 25.0 Å². The minimum atomic E-state index is -0.593. The van der Waals surface area contributed by atoms with Crippen LogP contribution in [-0.2, 0) is 19.1 Å². The average molecular weight is 404 g/mol. The molecule has 2 aliphatic heterocycles. The summed E-state index contributed by atoms with van der Waals surface area (Å²) in [4.78, 5) is 40.0. The third-order valence-electron chi connectivity index (χ3n) is 4.44. The maximum Gasteiger partial charge on any atom is 0.326 e. The number of carbonyl (C=O) groups is 3. The minimum absolute atomic E-state index is 0.296. The van der Waals surface area contributed by atoms with Crippen molar-refractivity contribution < 1.29 is 23.9 Å². The molecular formula is C20H24N2O5S. The number of hydrogen-bond donors (Lipinski definition) is 0. The van der Waals surface area contributed by atoms with Gasteiger partial charge in [-0.25, -0.2) is 0 Å². The number of benzene rings is 1. The highest BCUT2D eigenvalue weighted by Crippen LogP contribution is 2.33. The molecule has 0 aromatic heterocycles. The highest BCUT2D eigenvalue weighted by atomic mass is 32.2. The van der Waals surface area contributed by atoms with Crippen LogP contribution in [0.5, 0.6) is 0 Å². The van der Waals surface area contributed by atoms with Gasteiger partial charge in [-0.2, -0.15) is 0 Å². The van der Waals surface area contributed by atoms with Crippen LogP contribution in [0.3, 0.4) is 0 Å². The molecule has 0 atom stereocenters. The minimum Gasteiger partial charge on any atom is -0.462 e. The van der Waals surface area contributed by atoms with E-state index in [0.29, 0.717) is 18.1 Å². The standard InChI is InChI=1S/C20H24N2O5S/c1-13(2)27-18(23)12-22-19(24)17(28-20(22)25)11-15-4-5-16(10-14(15)3)21-6-8-26-9-7-21/h4-5,10-11,13H,6-9,12H2,1-3H3/b17-11-. The number of imide groups is 1. The van der Waals surface area contributed by atoms with Crippen LogP contribution in [-0.4, -0.2) is 61.0 Å². The lowest BCUT2D eigenvalue weighted by Gasteiger charge is -2.29. The summed E-state index contributed by atoms with van der Waals surface area (Å²) in [5, 5.41) is -0.459. The number of aryl methyl sites for hydroxylation is 1. The molecule has 2 aliphatic rings. The molecule has 0 bridgehead atoms. The third-order valence-corrected chi connectivity index (χ3v) is 5.35. The van der Waals surface area contributed by atoms with E-state index in [1.807, 2.05) is 19.1 Å². The molecule has 0 N–H and O–H groups in total. The smallest absolute Gasteiger partial charge is 0.326 e. The SMILES string of the molecule is Cc1cc(N2CCOCC2)ccc1/C=C1\SC(=O)N(CC(=O)OC(C)C)C1=O. The van der Waals surface area contributed by atoms with Crippen LogP contribution in [0.4, 0.5) is 10.5 Å². The summed E-state index contributed by atoms with van der Waals surface area (Å²) < 4.78 is 10.4. The van der Waals surface area contributed by atoms with E-state index in [0.717, 1.165) is 46.6 Å².